The monoisotopic (exact) mass is 995 g/mol. The van der Waals surface area contributed by atoms with Crippen LogP contribution in [0.3, 0.4) is 0 Å². The van der Waals surface area contributed by atoms with E-state index in [-0.39, 0.29) is 43.8 Å². The minimum atomic E-state index is -1.07. The maximum Gasteiger partial charge on any atom is 0.320 e. The summed E-state index contributed by atoms with van der Waals surface area (Å²) in [4.78, 5) is 121. The summed E-state index contributed by atoms with van der Waals surface area (Å²) < 4.78 is 0. The van der Waals surface area contributed by atoms with Gasteiger partial charge in [0.1, 0.15) is 24.2 Å². The largest absolute Gasteiger partial charge is 0.480 e. The summed E-state index contributed by atoms with van der Waals surface area (Å²) in [6.45, 7) is 11.3. The zero-order valence-electron chi connectivity index (χ0n) is 40.5. The summed E-state index contributed by atoms with van der Waals surface area (Å²) in [5.74, 6) is -7.85. The van der Waals surface area contributed by atoms with Crippen LogP contribution in [-0.2, 0) is 68.8 Å². The number of carbonyl (C=O) groups excluding carboxylic acids is 7. The molecule has 0 aliphatic carbocycles. The molecule has 72 heavy (non-hydrogen) atoms. The van der Waals surface area contributed by atoms with Crippen molar-refractivity contribution in [3.63, 3.8) is 0 Å². The number of hydrogen-bond donors (Lipinski definition) is 9. The minimum Gasteiger partial charge on any atom is -0.480 e. The van der Waals surface area contributed by atoms with Crippen molar-refractivity contribution in [2.75, 3.05) is 5.32 Å². The molecule has 0 aromatic heterocycles. The molecule has 0 unspecified atom stereocenters. The molecule has 384 valence electrons. The Hall–Kier alpha value is -8.17. The Balaban J connectivity index is 0.000000480. The van der Waals surface area contributed by atoms with Crippen LogP contribution < -0.4 is 28.3 Å². The number of Topliss-reactive ketones (excluding diaryl/α,β-unsaturated/α-hetero) is 6. The molecule has 1 amide bonds. The lowest BCUT2D eigenvalue weighted by atomic mass is 9.97. The number of nitrogens with one attached hydrogen (secondary N) is 1. The van der Waals surface area contributed by atoms with E-state index in [1.807, 2.05) is 0 Å². The number of amides is 1. The second kappa shape index (κ2) is 30.4. The molecule has 0 bridgehead atoms. The maximum atomic E-state index is 11.8. The Morgan fingerprint density at radius 3 is 1.03 bits per heavy atom. The van der Waals surface area contributed by atoms with Crippen LogP contribution in [0.1, 0.15) is 89.6 Å². The molecule has 0 saturated heterocycles. The molecule has 20 nitrogen and oxygen atoms in total. The Bertz CT molecular complexity index is 2590. The van der Waals surface area contributed by atoms with Gasteiger partial charge in [-0.05, 0) is 72.6 Å². The summed E-state index contributed by atoms with van der Waals surface area (Å²) in [6, 6.07) is 22.2. The maximum absolute atomic E-state index is 11.8. The SMILES string of the molecule is C=C(C(C)=O)c1ccc(C[C@H](N)C(=O)O)cc1.CC(=O)C(=O)Nc1ccc(C[C@H](N)C(=O)O)cc1.CC(C)C(=O)C(=O)c1ccc(C[C@H](N)C(=O)O)cc1.CCC(=O)C(=O)c1ccc(C[C@H](N)C(=O)O)cc1. The fourth-order valence-electron chi connectivity index (χ4n) is 5.66. The molecule has 0 fully saturated rings. The molecule has 4 aromatic carbocycles. The number of anilines is 1. The Morgan fingerprint density at radius 2 is 0.764 bits per heavy atom. The number of allylic oxidation sites excluding steroid dienone is 1. The summed E-state index contributed by atoms with van der Waals surface area (Å²) >= 11 is 0. The zero-order valence-corrected chi connectivity index (χ0v) is 40.5. The van der Waals surface area contributed by atoms with Crippen molar-refractivity contribution in [1.29, 1.82) is 0 Å². The van der Waals surface area contributed by atoms with Crippen molar-refractivity contribution in [2.24, 2.45) is 28.9 Å². The van der Waals surface area contributed by atoms with E-state index in [1.54, 1.807) is 93.6 Å². The number of carbonyl (C=O) groups is 11. The highest BCUT2D eigenvalue weighted by Gasteiger charge is 2.20. The van der Waals surface area contributed by atoms with Gasteiger partial charge in [-0.1, -0.05) is 112 Å². The topological polar surface area (TPSA) is 385 Å². The predicted octanol–water partition coefficient (Wildman–Crippen LogP) is 3.26. The fraction of sp³-hybridized carbons (Fsp3) is 0.288. The van der Waals surface area contributed by atoms with Gasteiger partial charge in [0.2, 0.25) is 28.9 Å². The van der Waals surface area contributed by atoms with Crippen LogP contribution in [0.4, 0.5) is 5.69 Å². The van der Waals surface area contributed by atoms with E-state index >= 15 is 0 Å². The summed E-state index contributed by atoms with van der Waals surface area (Å²) in [5.41, 5.74) is 26.9. The molecule has 4 aromatic rings. The van der Waals surface area contributed by atoms with Gasteiger partial charge in [-0.3, -0.25) is 52.7 Å². The van der Waals surface area contributed by atoms with Crippen molar-refractivity contribution in [1.82, 2.24) is 0 Å². The normalized spacial score (nSPS) is 11.9. The summed E-state index contributed by atoms with van der Waals surface area (Å²) in [7, 11) is 0. The van der Waals surface area contributed by atoms with Crippen LogP contribution in [0, 0.1) is 5.92 Å². The number of carboxylic acids is 4. The van der Waals surface area contributed by atoms with E-state index in [2.05, 4.69) is 11.9 Å². The lowest BCUT2D eigenvalue weighted by Crippen LogP contribution is -2.32. The van der Waals surface area contributed by atoms with Crippen LogP contribution in [0.5, 0.6) is 0 Å². The number of nitrogens with two attached hydrogens (primary N) is 4. The smallest absolute Gasteiger partial charge is 0.320 e. The first-order valence-electron chi connectivity index (χ1n) is 22.1. The molecular weight excluding hydrogens is 935 g/mol. The average molecular weight is 996 g/mol. The van der Waals surface area contributed by atoms with Crippen LogP contribution >= 0.6 is 0 Å². The van der Waals surface area contributed by atoms with Gasteiger partial charge in [0.25, 0.3) is 5.91 Å². The summed E-state index contributed by atoms with van der Waals surface area (Å²) in [5, 5.41) is 37.1. The van der Waals surface area contributed by atoms with E-state index in [0.717, 1.165) is 16.7 Å². The number of benzene rings is 4. The average Bonchev–Trinajstić information content (AvgIpc) is 3.34. The van der Waals surface area contributed by atoms with Gasteiger partial charge in [-0.2, -0.15) is 0 Å². The van der Waals surface area contributed by atoms with Crippen LogP contribution in [0.2, 0.25) is 0 Å². The standard InChI is InChI=1S/C14H17NO4.C13H15NO4.C13H15NO3.C12H14N2O4/c1-8(2)12(16)13(17)10-5-3-9(4-6-10)7-11(15)14(18)19;1-2-11(15)12(16)9-5-3-8(4-6-9)7-10(14)13(17)18;1-8(9(2)15)11-5-3-10(4-6-11)7-12(14)13(16)17;1-7(15)11(16)14-9-4-2-8(3-5-9)6-10(13)12(17)18/h3-6,8,11H,7,15H2,1-2H3,(H,18,19);3-6,10H,2,7,14H2,1H3,(H,17,18);3-6,12H,1,7,14H2,2H3,(H,16,17);2-5,10H,6,13H2,1H3,(H,14,16)(H,17,18)/t11-;10-;12-;10-/m0000/s1. The molecule has 0 heterocycles. The lowest BCUT2D eigenvalue weighted by Gasteiger charge is -2.07. The first-order chi connectivity index (χ1) is 33.6. The third-order valence-electron chi connectivity index (χ3n) is 10.1. The molecule has 4 atom stereocenters. The minimum absolute atomic E-state index is 0.0833. The molecule has 13 N–H and O–H groups in total. The van der Waals surface area contributed by atoms with Gasteiger partial charge in [0.15, 0.2) is 5.78 Å². The van der Waals surface area contributed by atoms with Crippen molar-refractivity contribution in [3.8, 4) is 0 Å². The third kappa shape index (κ3) is 22.1. The van der Waals surface area contributed by atoms with Gasteiger partial charge in [-0.25, -0.2) is 0 Å². The number of ketones is 6. The van der Waals surface area contributed by atoms with Crippen molar-refractivity contribution >= 4 is 75.7 Å². The molecule has 4 rings (SSSR count). The lowest BCUT2D eigenvalue weighted by molar-refractivity contribution is -0.139. The van der Waals surface area contributed by atoms with E-state index < -0.39 is 82.9 Å². The van der Waals surface area contributed by atoms with Crippen molar-refractivity contribution in [3.05, 3.63) is 143 Å². The van der Waals surface area contributed by atoms with Gasteiger partial charge in [0.05, 0.1) is 0 Å². The highest BCUT2D eigenvalue weighted by molar-refractivity contribution is 6.44. The Kier molecular flexibility index (Phi) is 26.1. The van der Waals surface area contributed by atoms with Gasteiger partial charge < -0.3 is 48.7 Å². The highest BCUT2D eigenvalue weighted by Crippen LogP contribution is 2.16. The van der Waals surface area contributed by atoms with Crippen LogP contribution in [-0.4, -0.2) is 109 Å². The van der Waals surface area contributed by atoms with E-state index in [0.29, 0.717) is 33.5 Å². The predicted molar refractivity (Wildman–Crippen MR) is 266 cm³/mol. The van der Waals surface area contributed by atoms with E-state index in [9.17, 15) is 52.7 Å². The number of rotatable bonds is 22. The van der Waals surface area contributed by atoms with Gasteiger partial charge in [-0.15, -0.1) is 0 Å². The first kappa shape index (κ1) is 61.8. The van der Waals surface area contributed by atoms with E-state index in [1.165, 1.54) is 38.1 Å². The van der Waals surface area contributed by atoms with Crippen LogP contribution in [0.25, 0.3) is 5.57 Å². The zero-order chi connectivity index (χ0) is 55.0. The molecule has 0 aliphatic rings. The Morgan fingerprint density at radius 1 is 0.472 bits per heavy atom. The fourth-order valence-corrected chi connectivity index (χ4v) is 5.66. The second-order valence-corrected chi connectivity index (χ2v) is 16.4. The van der Waals surface area contributed by atoms with Crippen molar-refractivity contribution in [2.45, 2.75) is 90.9 Å². The number of aliphatic carboxylic acids is 4. The molecule has 0 aliphatic heterocycles. The molecule has 0 spiro atoms. The highest BCUT2D eigenvalue weighted by atomic mass is 16.4. The van der Waals surface area contributed by atoms with Crippen LogP contribution in [0.15, 0.2) is 104 Å². The van der Waals surface area contributed by atoms with Crippen molar-refractivity contribution < 1.29 is 73.2 Å². The number of carboxylic acid groups (broad SMARTS) is 4. The van der Waals surface area contributed by atoms with Gasteiger partial charge >= 0.3 is 23.9 Å². The third-order valence-corrected chi connectivity index (χ3v) is 10.1. The molecule has 0 saturated carbocycles. The molecule has 20 heteroatoms. The van der Waals surface area contributed by atoms with Gasteiger partial charge in [0, 0.05) is 41.6 Å². The van der Waals surface area contributed by atoms with E-state index in [4.69, 9.17) is 43.4 Å². The Labute approximate surface area is 415 Å². The second-order valence-electron chi connectivity index (χ2n) is 16.4. The first-order valence-corrected chi connectivity index (χ1v) is 22.1. The molecular formula is C52H61N5O15. The molecule has 0 radical (unpaired) electrons. The summed E-state index contributed by atoms with van der Waals surface area (Å²) in [6.07, 6.45) is 1.01. The quantitative estimate of drug-likeness (QED) is 0.0310. The number of hydrogen-bond acceptors (Lipinski definition) is 15.